The van der Waals surface area contributed by atoms with Crippen molar-refractivity contribution in [3.05, 3.63) is 45.8 Å². The van der Waals surface area contributed by atoms with Gasteiger partial charge in [0.25, 0.3) is 11.6 Å². The van der Waals surface area contributed by atoms with Gasteiger partial charge in [-0.2, -0.15) is 18.2 Å². The molecule has 1 N–H and O–H groups in total. The lowest BCUT2D eigenvalue weighted by Crippen LogP contribution is -2.15. The summed E-state index contributed by atoms with van der Waals surface area (Å²) in [6.07, 6.45) is -4.26. The number of nitrogens with zero attached hydrogens (tertiary/aromatic N) is 5. The summed E-state index contributed by atoms with van der Waals surface area (Å²) in [4.78, 5) is 23.9. The van der Waals surface area contributed by atoms with Gasteiger partial charge in [0.05, 0.1) is 11.4 Å². The van der Waals surface area contributed by atoms with Crippen LogP contribution in [0.1, 0.15) is 34.9 Å². The molecule has 0 aliphatic carbocycles. The highest BCUT2D eigenvalue weighted by Crippen LogP contribution is 2.27. The first-order valence-corrected chi connectivity index (χ1v) is 8.67. The van der Waals surface area contributed by atoms with E-state index in [-0.39, 0.29) is 24.5 Å². The molecule has 0 unspecified atom stereocenters. The third-order valence-corrected chi connectivity index (χ3v) is 4.44. The minimum atomic E-state index is -4.65. The number of alkyl halides is 3. The maximum Gasteiger partial charge on any atom is 0.453 e. The summed E-state index contributed by atoms with van der Waals surface area (Å²) in [5.74, 6) is -1.64. The van der Waals surface area contributed by atoms with Crippen LogP contribution in [0.3, 0.4) is 0 Å². The zero-order chi connectivity index (χ0) is 20.6. The smallest absolute Gasteiger partial charge is 0.324 e. The van der Waals surface area contributed by atoms with Crippen LogP contribution in [-0.4, -0.2) is 30.5 Å². The SMILES string of the molecule is Cc1nc(Cl)ccc1NC(=O)CCc1c(C)nc2nc(C(F)(F)F)nn2c1C. The molecular formula is C17H16ClF3N6O. The molecule has 3 heterocycles. The summed E-state index contributed by atoms with van der Waals surface area (Å²) in [5.41, 5.74) is 2.74. The molecule has 148 valence electrons. The number of anilines is 1. The van der Waals surface area contributed by atoms with Crippen molar-refractivity contribution >= 4 is 29.0 Å². The van der Waals surface area contributed by atoms with Crippen LogP contribution in [0.4, 0.5) is 18.9 Å². The van der Waals surface area contributed by atoms with Crippen molar-refractivity contribution in [2.45, 2.75) is 39.8 Å². The first-order chi connectivity index (χ1) is 13.1. The molecule has 1 amide bonds. The Morgan fingerprint density at radius 3 is 2.50 bits per heavy atom. The molecule has 3 aromatic heterocycles. The Balaban J connectivity index is 1.79. The van der Waals surface area contributed by atoms with E-state index in [1.807, 2.05) is 0 Å². The number of pyridine rings is 1. The predicted molar refractivity (Wildman–Crippen MR) is 96.2 cm³/mol. The summed E-state index contributed by atoms with van der Waals surface area (Å²) < 4.78 is 39.6. The molecule has 0 aliphatic rings. The van der Waals surface area contributed by atoms with Crippen LogP contribution in [0.15, 0.2) is 12.1 Å². The minimum absolute atomic E-state index is 0.109. The normalized spacial score (nSPS) is 11.8. The maximum absolute atomic E-state index is 12.8. The minimum Gasteiger partial charge on any atom is -0.324 e. The van der Waals surface area contributed by atoms with E-state index in [1.165, 1.54) is 0 Å². The number of rotatable bonds is 4. The Morgan fingerprint density at radius 2 is 1.86 bits per heavy atom. The van der Waals surface area contributed by atoms with Gasteiger partial charge in [0.1, 0.15) is 5.15 Å². The van der Waals surface area contributed by atoms with Crippen LogP contribution >= 0.6 is 11.6 Å². The number of fused-ring (bicyclic) bond motifs is 1. The Hall–Kier alpha value is -2.75. The van der Waals surface area contributed by atoms with Crippen molar-refractivity contribution in [2.75, 3.05) is 5.32 Å². The van der Waals surface area contributed by atoms with Crippen LogP contribution in [0.5, 0.6) is 0 Å². The first-order valence-electron chi connectivity index (χ1n) is 8.29. The number of aryl methyl sites for hydroxylation is 3. The van der Waals surface area contributed by atoms with E-state index in [0.29, 0.717) is 33.5 Å². The topological polar surface area (TPSA) is 85.1 Å². The van der Waals surface area contributed by atoms with Gasteiger partial charge < -0.3 is 5.32 Å². The maximum atomic E-state index is 12.8. The molecule has 0 spiro atoms. The van der Waals surface area contributed by atoms with Gasteiger partial charge in [-0.1, -0.05) is 11.6 Å². The second-order valence-electron chi connectivity index (χ2n) is 6.22. The Kier molecular flexibility index (Phi) is 5.24. The van der Waals surface area contributed by atoms with Crippen LogP contribution in [0.2, 0.25) is 5.15 Å². The van der Waals surface area contributed by atoms with Gasteiger partial charge in [-0.25, -0.2) is 14.5 Å². The lowest BCUT2D eigenvalue weighted by atomic mass is 10.1. The number of aromatic nitrogens is 5. The summed E-state index contributed by atoms with van der Waals surface area (Å²) in [5, 5.41) is 6.57. The summed E-state index contributed by atoms with van der Waals surface area (Å²) in [7, 11) is 0. The second kappa shape index (κ2) is 7.34. The Bertz CT molecular complexity index is 1060. The van der Waals surface area contributed by atoms with E-state index in [9.17, 15) is 18.0 Å². The number of halogens is 4. The highest BCUT2D eigenvalue weighted by molar-refractivity contribution is 6.29. The van der Waals surface area contributed by atoms with E-state index in [0.717, 1.165) is 4.52 Å². The van der Waals surface area contributed by atoms with Crippen molar-refractivity contribution in [1.82, 2.24) is 24.6 Å². The molecular weight excluding hydrogens is 397 g/mol. The molecule has 11 heteroatoms. The monoisotopic (exact) mass is 412 g/mol. The number of carbonyl (C=O) groups excluding carboxylic acids is 1. The predicted octanol–water partition coefficient (Wildman–Crippen LogP) is 3.69. The Morgan fingerprint density at radius 1 is 1.14 bits per heavy atom. The average Bonchev–Trinajstić information content (AvgIpc) is 3.01. The van der Waals surface area contributed by atoms with Crippen LogP contribution in [-0.2, 0) is 17.4 Å². The highest BCUT2D eigenvalue weighted by atomic mass is 35.5. The quantitative estimate of drug-likeness (QED) is 0.660. The van der Waals surface area contributed by atoms with Gasteiger partial charge in [-0.05, 0) is 44.9 Å². The van der Waals surface area contributed by atoms with E-state index in [2.05, 4.69) is 25.4 Å². The fourth-order valence-corrected chi connectivity index (χ4v) is 2.99. The van der Waals surface area contributed by atoms with Crippen LogP contribution in [0, 0.1) is 20.8 Å². The fourth-order valence-electron chi connectivity index (χ4n) is 2.80. The molecule has 0 saturated carbocycles. The number of hydrogen-bond donors (Lipinski definition) is 1. The van der Waals surface area contributed by atoms with Gasteiger partial charge >= 0.3 is 6.18 Å². The summed E-state index contributed by atoms with van der Waals surface area (Å²) >= 11 is 5.79. The zero-order valence-corrected chi connectivity index (χ0v) is 16.0. The highest BCUT2D eigenvalue weighted by Gasteiger charge is 2.36. The molecule has 0 atom stereocenters. The largest absolute Gasteiger partial charge is 0.453 e. The van der Waals surface area contributed by atoms with Crippen molar-refractivity contribution in [3.63, 3.8) is 0 Å². The number of hydrogen-bond acceptors (Lipinski definition) is 5. The molecule has 0 saturated heterocycles. The van der Waals surface area contributed by atoms with Gasteiger partial charge in [0.2, 0.25) is 5.91 Å². The standard InChI is InChI=1S/C17H16ClF3N6O/c1-8-11(4-7-14(28)24-12-5-6-13(18)22-9(12)2)10(3)27-16(23-8)25-15(26-27)17(19,20)21/h5-6H,4,7H2,1-3H3,(H,24,28). The van der Waals surface area contributed by atoms with E-state index in [1.54, 1.807) is 32.9 Å². The third kappa shape index (κ3) is 4.06. The van der Waals surface area contributed by atoms with E-state index < -0.39 is 12.0 Å². The average molecular weight is 413 g/mol. The zero-order valence-electron chi connectivity index (χ0n) is 15.2. The number of nitrogens with one attached hydrogen (secondary N) is 1. The van der Waals surface area contributed by atoms with Crippen molar-refractivity contribution in [2.24, 2.45) is 0 Å². The second-order valence-corrected chi connectivity index (χ2v) is 6.61. The molecule has 0 fully saturated rings. The van der Waals surface area contributed by atoms with Crippen molar-refractivity contribution in [3.8, 4) is 0 Å². The fraction of sp³-hybridized carbons (Fsp3) is 0.353. The molecule has 0 aliphatic heterocycles. The van der Waals surface area contributed by atoms with Gasteiger partial charge in [-0.3, -0.25) is 4.79 Å². The molecule has 28 heavy (non-hydrogen) atoms. The summed E-state index contributed by atoms with van der Waals surface area (Å²) in [6.45, 7) is 5.00. The number of amides is 1. The molecule has 3 rings (SSSR count). The molecule has 0 aromatic carbocycles. The first kappa shape index (κ1) is 20.0. The molecule has 3 aromatic rings. The van der Waals surface area contributed by atoms with Crippen molar-refractivity contribution in [1.29, 1.82) is 0 Å². The summed E-state index contributed by atoms with van der Waals surface area (Å²) in [6, 6.07) is 3.22. The molecule has 7 nitrogen and oxygen atoms in total. The van der Waals surface area contributed by atoms with Gasteiger partial charge in [0.15, 0.2) is 0 Å². The lowest BCUT2D eigenvalue weighted by molar-refractivity contribution is -0.144. The Labute approximate surface area is 163 Å². The van der Waals surface area contributed by atoms with E-state index >= 15 is 0 Å². The number of carbonyl (C=O) groups is 1. The van der Waals surface area contributed by atoms with Crippen molar-refractivity contribution < 1.29 is 18.0 Å². The van der Waals surface area contributed by atoms with E-state index in [4.69, 9.17) is 11.6 Å². The van der Waals surface area contributed by atoms with Gasteiger partial charge in [-0.15, -0.1) is 5.10 Å². The third-order valence-electron chi connectivity index (χ3n) is 4.23. The lowest BCUT2D eigenvalue weighted by Gasteiger charge is -2.11. The van der Waals surface area contributed by atoms with Gasteiger partial charge in [0, 0.05) is 17.8 Å². The molecule has 0 bridgehead atoms. The van der Waals surface area contributed by atoms with Crippen LogP contribution in [0.25, 0.3) is 5.78 Å². The molecule has 0 radical (unpaired) electrons. The van der Waals surface area contributed by atoms with Crippen LogP contribution < -0.4 is 5.32 Å².